The number of rotatable bonds is 2. The first kappa shape index (κ1) is 13.1. The number of hydrogen-bond donors (Lipinski definition) is 2. The predicted octanol–water partition coefficient (Wildman–Crippen LogP) is 1.68. The Morgan fingerprint density at radius 1 is 1.35 bits per heavy atom. The van der Waals surface area contributed by atoms with Crippen molar-refractivity contribution in [3.8, 4) is 0 Å². The van der Waals surface area contributed by atoms with Crippen LogP contribution >= 0.6 is 0 Å². The van der Waals surface area contributed by atoms with Crippen LogP contribution in [0.3, 0.4) is 0 Å². The van der Waals surface area contributed by atoms with E-state index in [1.54, 1.807) is 6.20 Å². The number of imidazole rings is 1. The highest BCUT2D eigenvalue weighted by Crippen LogP contribution is 2.18. The molecule has 2 N–H and O–H groups in total. The van der Waals surface area contributed by atoms with Gasteiger partial charge in [-0.25, -0.2) is 4.98 Å². The summed E-state index contributed by atoms with van der Waals surface area (Å²) in [6, 6.07) is 5.96. The zero-order chi connectivity index (χ0) is 14.1. The maximum absolute atomic E-state index is 12.2. The second kappa shape index (κ2) is 5.25. The molecule has 0 bridgehead atoms. The van der Waals surface area contributed by atoms with Crippen molar-refractivity contribution < 1.29 is 9.90 Å². The van der Waals surface area contributed by atoms with Gasteiger partial charge in [0.2, 0.25) is 0 Å². The van der Waals surface area contributed by atoms with Gasteiger partial charge in [0.25, 0.3) is 5.91 Å². The lowest BCUT2D eigenvalue weighted by Crippen LogP contribution is -2.38. The Morgan fingerprint density at radius 2 is 2.10 bits per heavy atom. The third kappa shape index (κ3) is 2.54. The number of aliphatic hydroxyl groups excluding tert-OH is 1. The van der Waals surface area contributed by atoms with Gasteiger partial charge in [0.05, 0.1) is 6.10 Å². The lowest BCUT2D eigenvalue weighted by Gasteiger charge is -2.25. The van der Waals surface area contributed by atoms with Crippen LogP contribution in [0.2, 0.25) is 0 Å². The maximum Gasteiger partial charge on any atom is 0.271 e. The molecule has 106 valence electrons. The van der Waals surface area contributed by atoms with E-state index in [1.807, 2.05) is 29.5 Å². The van der Waals surface area contributed by atoms with E-state index in [-0.39, 0.29) is 18.1 Å². The summed E-state index contributed by atoms with van der Waals surface area (Å²) in [4.78, 5) is 16.6. The van der Waals surface area contributed by atoms with E-state index >= 15 is 0 Å². The highest BCUT2D eigenvalue weighted by Gasteiger charge is 2.22. The summed E-state index contributed by atoms with van der Waals surface area (Å²) in [5, 5.41) is 12.5. The topological polar surface area (TPSA) is 66.6 Å². The molecular weight excluding hydrogens is 254 g/mol. The zero-order valence-corrected chi connectivity index (χ0v) is 11.5. The lowest BCUT2D eigenvalue weighted by atomic mass is 9.93. The van der Waals surface area contributed by atoms with Crippen molar-refractivity contribution in [2.45, 2.75) is 44.8 Å². The number of carbonyl (C=O) groups is 1. The van der Waals surface area contributed by atoms with Gasteiger partial charge in [-0.15, -0.1) is 0 Å². The second-order valence-electron chi connectivity index (χ2n) is 5.50. The van der Waals surface area contributed by atoms with Gasteiger partial charge in [-0.05, 0) is 44.7 Å². The third-order valence-corrected chi connectivity index (χ3v) is 3.96. The summed E-state index contributed by atoms with van der Waals surface area (Å²) in [7, 11) is 0. The highest BCUT2D eigenvalue weighted by atomic mass is 16.3. The van der Waals surface area contributed by atoms with Crippen LogP contribution < -0.4 is 5.32 Å². The number of nitrogens with one attached hydrogen (secondary N) is 1. The van der Waals surface area contributed by atoms with Gasteiger partial charge in [0.1, 0.15) is 11.3 Å². The first-order chi connectivity index (χ1) is 9.63. The molecule has 5 heteroatoms. The molecule has 2 aromatic heterocycles. The molecule has 20 heavy (non-hydrogen) atoms. The van der Waals surface area contributed by atoms with Crippen LogP contribution in [0.1, 0.15) is 41.9 Å². The third-order valence-electron chi connectivity index (χ3n) is 3.96. The van der Waals surface area contributed by atoms with E-state index in [1.165, 1.54) is 0 Å². The first-order valence-corrected chi connectivity index (χ1v) is 7.07. The van der Waals surface area contributed by atoms with E-state index in [2.05, 4.69) is 10.3 Å². The molecule has 0 atom stereocenters. The lowest BCUT2D eigenvalue weighted by molar-refractivity contribution is 0.0864. The number of aliphatic hydroxyl groups is 1. The summed E-state index contributed by atoms with van der Waals surface area (Å²) in [5.41, 5.74) is 2.29. The Kier molecular flexibility index (Phi) is 3.44. The van der Waals surface area contributed by atoms with Crippen molar-refractivity contribution in [1.29, 1.82) is 0 Å². The summed E-state index contributed by atoms with van der Waals surface area (Å²) < 4.78 is 1.92. The zero-order valence-electron chi connectivity index (χ0n) is 11.5. The molecule has 0 saturated heterocycles. The van der Waals surface area contributed by atoms with Gasteiger partial charge in [0.15, 0.2) is 0 Å². The molecule has 3 rings (SSSR count). The Labute approximate surface area is 117 Å². The molecule has 5 nitrogen and oxygen atoms in total. The Balaban J connectivity index is 1.74. The van der Waals surface area contributed by atoms with Crippen LogP contribution in [0.4, 0.5) is 0 Å². The summed E-state index contributed by atoms with van der Waals surface area (Å²) in [6.07, 6.45) is 4.75. The Bertz CT molecular complexity index is 627. The molecule has 2 aromatic rings. The number of aromatic nitrogens is 2. The van der Waals surface area contributed by atoms with Crippen LogP contribution in [-0.4, -0.2) is 32.5 Å². The summed E-state index contributed by atoms with van der Waals surface area (Å²) in [5.74, 6) is -0.130. The number of aryl methyl sites for hydroxylation is 1. The average Bonchev–Trinajstić information content (AvgIpc) is 2.87. The highest BCUT2D eigenvalue weighted by molar-refractivity contribution is 5.93. The summed E-state index contributed by atoms with van der Waals surface area (Å²) >= 11 is 0. The van der Waals surface area contributed by atoms with Gasteiger partial charge >= 0.3 is 0 Å². The SMILES string of the molecule is Cc1cccc2nc(C(=O)NC3CCC(O)CC3)cn12. The van der Waals surface area contributed by atoms with Gasteiger partial charge in [-0.2, -0.15) is 0 Å². The average molecular weight is 273 g/mol. The fourth-order valence-corrected chi connectivity index (χ4v) is 2.74. The second-order valence-corrected chi connectivity index (χ2v) is 5.50. The first-order valence-electron chi connectivity index (χ1n) is 7.07. The molecule has 0 spiro atoms. The predicted molar refractivity (Wildman–Crippen MR) is 75.7 cm³/mol. The smallest absolute Gasteiger partial charge is 0.271 e. The van der Waals surface area contributed by atoms with Crippen molar-refractivity contribution in [3.05, 3.63) is 35.8 Å². The van der Waals surface area contributed by atoms with Crippen LogP contribution in [0.5, 0.6) is 0 Å². The minimum Gasteiger partial charge on any atom is -0.393 e. The van der Waals surface area contributed by atoms with E-state index in [4.69, 9.17) is 0 Å². The van der Waals surface area contributed by atoms with Crippen molar-refractivity contribution in [2.75, 3.05) is 0 Å². The quantitative estimate of drug-likeness (QED) is 0.874. The van der Waals surface area contributed by atoms with Gasteiger partial charge < -0.3 is 14.8 Å². The minimum absolute atomic E-state index is 0.130. The Hall–Kier alpha value is -1.88. The van der Waals surface area contributed by atoms with Crippen LogP contribution in [0.15, 0.2) is 24.4 Å². The molecule has 1 amide bonds. The largest absolute Gasteiger partial charge is 0.393 e. The number of amides is 1. The molecule has 2 heterocycles. The van der Waals surface area contributed by atoms with Crippen LogP contribution in [-0.2, 0) is 0 Å². The molecule has 1 aliphatic rings. The fourth-order valence-electron chi connectivity index (χ4n) is 2.74. The minimum atomic E-state index is -0.207. The molecule has 1 fully saturated rings. The normalized spacial score (nSPS) is 22.9. The number of fused-ring (bicyclic) bond motifs is 1. The van der Waals surface area contributed by atoms with E-state index < -0.39 is 0 Å². The monoisotopic (exact) mass is 273 g/mol. The van der Waals surface area contributed by atoms with Crippen molar-refractivity contribution in [2.24, 2.45) is 0 Å². The Morgan fingerprint density at radius 3 is 2.80 bits per heavy atom. The van der Waals surface area contributed by atoms with Gasteiger partial charge in [-0.3, -0.25) is 4.79 Å². The maximum atomic E-state index is 12.2. The number of hydrogen-bond acceptors (Lipinski definition) is 3. The molecule has 0 radical (unpaired) electrons. The van der Waals surface area contributed by atoms with E-state index in [0.717, 1.165) is 37.0 Å². The number of pyridine rings is 1. The molecule has 1 aliphatic carbocycles. The van der Waals surface area contributed by atoms with Crippen molar-refractivity contribution >= 4 is 11.6 Å². The van der Waals surface area contributed by atoms with Crippen molar-refractivity contribution in [3.63, 3.8) is 0 Å². The van der Waals surface area contributed by atoms with Crippen LogP contribution in [0.25, 0.3) is 5.65 Å². The molecule has 0 aromatic carbocycles. The van der Waals surface area contributed by atoms with E-state index in [9.17, 15) is 9.90 Å². The molecule has 1 saturated carbocycles. The van der Waals surface area contributed by atoms with Crippen molar-refractivity contribution in [1.82, 2.24) is 14.7 Å². The molecule has 0 aliphatic heterocycles. The summed E-state index contributed by atoms with van der Waals surface area (Å²) in [6.45, 7) is 1.99. The number of nitrogens with zero attached hydrogens (tertiary/aromatic N) is 2. The van der Waals surface area contributed by atoms with E-state index in [0.29, 0.717) is 5.69 Å². The molecule has 0 unspecified atom stereocenters. The van der Waals surface area contributed by atoms with Gasteiger partial charge in [-0.1, -0.05) is 6.07 Å². The van der Waals surface area contributed by atoms with Gasteiger partial charge in [0, 0.05) is 17.9 Å². The molecular formula is C15H19N3O2. The van der Waals surface area contributed by atoms with Crippen LogP contribution in [0, 0.1) is 6.92 Å². The number of carbonyl (C=O) groups excluding carboxylic acids is 1. The fraction of sp³-hybridized carbons (Fsp3) is 0.467. The standard InChI is InChI=1S/C15H19N3O2/c1-10-3-2-4-14-17-13(9-18(10)14)15(20)16-11-5-7-12(19)8-6-11/h2-4,9,11-12,19H,5-8H2,1H3,(H,16,20).